The number of hydrogen-bond donors (Lipinski definition) is 1. The molecule has 25 heavy (non-hydrogen) atoms. The van der Waals surface area contributed by atoms with Crippen molar-refractivity contribution in [1.29, 1.82) is 0 Å². The third-order valence-corrected chi connectivity index (χ3v) is 3.55. The minimum absolute atomic E-state index is 0.0805. The SMILES string of the molecule is COc1ccc(/C=N\N2CC(=O)NC2=O)cc1OCc1ccccc1. The second-order valence-electron chi connectivity index (χ2n) is 5.34. The molecular formula is C18H17N3O4. The summed E-state index contributed by atoms with van der Waals surface area (Å²) >= 11 is 0. The van der Waals surface area contributed by atoms with E-state index in [1.54, 1.807) is 25.3 Å². The number of methoxy groups -OCH3 is 1. The zero-order valence-corrected chi connectivity index (χ0v) is 13.6. The van der Waals surface area contributed by atoms with Crippen LogP contribution in [0.25, 0.3) is 0 Å². The molecule has 0 radical (unpaired) electrons. The van der Waals surface area contributed by atoms with E-state index in [9.17, 15) is 9.59 Å². The molecule has 1 aliphatic rings. The maximum Gasteiger partial charge on any atom is 0.344 e. The molecule has 0 atom stereocenters. The molecular weight excluding hydrogens is 322 g/mol. The molecule has 0 aliphatic carbocycles. The van der Waals surface area contributed by atoms with Crippen molar-refractivity contribution in [3.63, 3.8) is 0 Å². The van der Waals surface area contributed by atoms with Gasteiger partial charge in [0.2, 0.25) is 5.91 Å². The first-order chi connectivity index (χ1) is 12.2. The summed E-state index contributed by atoms with van der Waals surface area (Å²) in [7, 11) is 1.57. The summed E-state index contributed by atoms with van der Waals surface area (Å²) in [5.41, 5.74) is 1.76. The highest BCUT2D eigenvalue weighted by Gasteiger charge is 2.25. The predicted octanol–water partition coefficient (Wildman–Crippen LogP) is 2.16. The van der Waals surface area contributed by atoms with Crippen molar-refractivity contribution in [3.8, 4) is 11.5 Å². The Kier molecular flexibility index (Phi) is 4.94. The molecule has 0 spiro atoms. The Bertz CT molecular complexity index is 805. The molecule has 1 heterocycles. The first kappa shape index (κ1) is 16.5. The van der Waals surface area contributed by atoms with Gasteiger partial charge in [-0.05, 0) is 29.3 Å². The van der Waals surface area contributed by atoms with Crippen molar-refractivity contribution in [1.82, 2.24) is 10.3 Å². The number of urea groups is 1. The number of ether oxygens (including phenoxy) is 2. The number of benzene rings is 2. The number of hydrazone groups is 1. The summed E-state index contributed by atoms with van der Waals surface area (Å²) in [6.07, 6.45) is 1.49. The second kappa shape index (κ2) is 7.48. The van der Waals surface area contributed by atoms with Gasteiger partial charge < -0.3 is 9.47 Å². The van der Waals surface area contributed by atoms with Crippen LogP contribution in [0.15, 0.2) is 53.6 Å². The second-order valence-corrected chi connectivity index (χ2v) is 5.34. The van der Waals surface area contributed by atoms with E-state index < -0.39 is 6.03 Å². The molecule has 1 fully saturated rings. The van der Waals surface area contributed by atoms with Crippen molar-refractivity contribution >= 4 is 18.2 Å². The monoisotopic (exact) mass is 339 g/mol. The van der Waals surface area contributed by atoms with Gasteiger partial charge in [-0.2, -0.15) is 5.10 Å². The molecule has 1 aliphatic heterocycles. The van der Waals surface area contributed by atoms with Gasteiger partial charge in [0, 0.05) is 0 Å². The van der Waals surface area contributed by atoms with E-state index in [0.29, 0.717) is 18.1 Å². The Morgan fingerprint density at radius 1 is 1.16 bits per heavy atom. The molecule has 0 bridgehead atoms. The van der Waals surface area contributed by atoms with E-state index in [4.69, 9.17) is 9.47 Å². The molecule has 3 rings (SSSR count). The number of rotatable bonds is 6. The average Bonchev–Trinajstić information content (AvgIpc) is 2.96. The number of carbonyl (C=O) groups is 2. The van der Waals surface area contributed by atoms with Crippen molar-refractivity contribution in [2.45, 2.75) is 6.61 Å². The summed E-state index contributed by atoms with van der Waals surface area (Å²) in [6, 6.07) is 14.6. The highest BCUT2D eigenvalue weighted by atomic mass is 16.5. The van der Waals surface area contributed by atoms with Crippen molar-refractivity contribution in [3.05, 3.63) is 59.7 Å². The van der Waals surface area contributed by atoms with E-state index >= 15 is 0 Å². The first-order valence-corrected chi connectivity index (χ1v) is 7.66. The number of carbonyl (C=O) groups excluding carboxylic acids is 2. The van der Waals surface area contributed by atoms with E-state index in [0.717, 1.165) is 16.1 Å². The van der Waals surface area contributed by atoms with Gasteiger partial charge in [0.1, 0.15) is 13.2 Å². The van der Waals surface area contributed by atoms with Gasteiger partial charge in [-0.1, -0.05) is 30.3 Å². The summed E-state index contributed by atoms with van der Waals surface area (Å²) in [6.45, 7) is 0.323. The maximum absolute atomic E-state index is 11.5. The molecule has 7 nitrogen and oxygen atoms in total. The molecule has 0 aromatic heterocycles. The molecule has 1 saturated heterocycles. The van der Waals surface area contributed by atoms with Gasteiger partial charge >= 0.3 is 6.03 Å². The average molecular weight is 339 g/mol. The fourth-order valence-corrected chi connectivity index (χ4v) is 2.28. The van der Waals surface area contributed by atoms with E-state index in [2.05, 4.69) is 10.4 Å². The van der Waals surface area contributed by atoms with Crippen LogP contribution in [0.2, 0.25) is 0 Å². The standard InChI is InChI=1S/C18H17N3O4/c1-24-15-8-7-14(10-19-21-11-17(22)20-18(21)23)9-16(15)25-12-13-5-3-2-4-6-13/h2-10H,11-12H2,1H3,(H,20,22,23)/b19-10-. The van der Waals surface area contributed by atoms with Gasteiger partial charge in [-0.3, -0.25) is 10.1 Å². The van der Waals surface area contributed by atoms with E-state index in [1.165, 1.54) is 6.21 Å². The third kappa shape index (κ3) is 4.14. The third-order valence-electron chi connectivity index (χ3n) is 3.55. The summed E-state index contributed by atoms with van der Waals surface area (Å²) < 4.78 is 11.1. The molecule has 2 aromatic carbocycles. The maximum atomic E-state index is 11.5. The number of amides is 3. The zero-order valence-electron chi connectivity index (χ0n) is 13.6. The van der Waals surface area contributed by atoms with Gasteiger partial charge in [0.15, 0.2) is 11.5 Å². The molecule has 3 amide bonds. The lowest BCUT2D eigenvalue weighted by atomic mass is 10.2. The van der Waals surface area contributed by atoms with Crippen LogP contribution in [0.5, 0.6) is 11.5 Å². The number of nitrogens with zero attached hydrogens (tertiary/aromatic N) is 2. The van der Waals surface area contributed by atoms with Crippen LogP contribution in [0.4, 0.5) is 4.79 Å². The van der Waals surface area contributed by atoms with Crippen LogP contribution >= 0.6 is 0 Å². The van der Waals surface area contributed by atoms with Crippen LogP contribution in [0, 0.1) is 0 Å². The highest BCUT2D eigenvalue weighted by molar-refractivity contribution is 6.02. The van der Waals surface area contributed by atoms with E-state index in [1.807, 2.05) is 30.3 Å². The van der Waals surface area contributed by atoms with Crippen LogP contribution in [0.1, 0.15) is 11.1 Å². The fourth-order valence-electron chi connectivity index (χ4n) is 2.28. The topological polar surface area (TPSA) is 80.2 Å². The van der Waals surface area contributed by atoms with Gasteiger partial charge in [-0.25, -0.2) is 9.80 Å². The lowest BCUT2D eigenvalue weighted by Gasteiger charge is -2.11. The minimum Gasteiger partial charge on any atom is -0.493 e. The molecule has 0 saturated carbocycles. The van der Waals surface area contributed by atoms with Crippen LogP contribution in [-0.2, 0) is 11.4 Å². The normalized spacial score (nSPS) is 14.0. The van der Waals surface area contributed by atoms with Crippen LogP contribution in [0.3, 0.4) is 0 Å². The van der Waals surface area contributed by atoms with Gasteiger partial charge in [0.05, 0.1) is 13.3 Å². The minimum atomic E-state index is -0.532. The number of imide groups is 1. The highest BCUT2D eigenvalue weighted by Crippen LogP contribution is 2.28. The lowest BCUT2D eigenvalue weighted by molar-refractivity contribution is -0.118. The molecule has 7 heteroatoms. The van der Waals surface area contributed by atoms with Gasteiger partial charge in [-0.15, -0.1) is 0 Å². The number of hydrogen-bond acceptors (Lipinski definition) is 5. The Hall–Kier alpha value is -3.35. The van der Waals surface area contributed by atoms with E-state index in [-0.39, 0.29) is 12.5 Å². The zero-order chi connectivity index (χ0) is 17.6. The van der Waals surface area contributed by atoms with Crippen molar-refractivity contribution in [2.24, 2.45) is 5.10 Å². The quantitative estimate of drug-likeness (QED) is 0.646. The summed E-state index contributed by atoms with van der Waals surface area (Å²) in [4.78, 5) is 22.6. The molecule has 1 N–H and O–H groups in total. The first-order valence-electron chi connectivity index (χ1n) is 7.66. The van der Waals surface area contributed by atoms with Crippen molar-refractivity contribution < 1.29 is 19.1 Å². The lowest BCUT2D eigenvalue weighted by Crippen LogP contribution is -2.24. The Balaban J connectivity index is 1.73. The molecule has 2 aromatic rings. The molecule has 128 valence electrons. The van der Waals surface area contributed by atoms with Crippen molar-refractivity contribution in [2.75, 3.05) is 13.7 Å². The van der Waals surface area contributed by atoms with Crippen LogP contribution in [-0.4, -0.2) is 36.8 Å². The predicted molar refractivity (Wildman–Crippen MR) is 91.6 cm³/mol. The van der Waals surface area contributed by atoms with Crippen LogP contribution < -0.4 is 14.8 Å². The Labute approximate surface area is 144 Å². The number of nitrogens with one attached hydrogen (secondary N) is 1. The molecule has 0 unspecified atom stereocenters. The fraction of sp³-hybridized carbons (Fsp3) is 0.167. The smallest absolute Gasteiger partial charge is 0.344 e. The summed E-state index contributed by atoms with van der Waals surface area (Å²) in [5.74, 6) is 0.795. The Morgan fingerprint density at radius 3 is 2.64 bits per heavy atom. The summed E-state index contributed by atoms with van der Waals surface area (Å²) in [5, 5.41) is 7.25. The Morgan fingerprint density at radius 2 is 1.96 bits per heavy atom. The largest absolute Gasteiger partial charge is 0.493 e. The van der Waals surface area contributed by atoms with Gasteiger partial charge in [0.25, 0.3) is 0 Å².